The molecule has 0 aliphatic heterocycles. The Morgan fingerprint density at radius 2 is 2.06 bits per heavy atom. The van der Waals surface area contributed by atoms with Crippen LogP contribution in [0.4, 0.5) is 0 Å². The average molecular weight is 234 g/mol. The van der Waals surface area contributed by atoms with E-state index >= 15 is 0 Å². The fourth-order valence-electron chi connectivity index (χ4n) is 1.36. The standard InChI is InChI=1S/C12H14N2OS/c13-6-7-16-9-12-14-8-11(15-12)10-4-2-1-3-5-10/h1-5,8H,6-7,9,13H2. The van der Waals surface area contributed by atoms with Gasteiger partial charge in [-0.05, 0) is 0 Å². The molecule has 1 aromatic carbocycles. The highest BCUT2D eigenvalue weighted by Crippen LogP contribution is 2.21. The third-order valence-electron chi connectivity index (χ3n) is 2.10. The third-order valence-corrected chi connectivity index (χ3v) is 3.08. The van der Waals surface area contributed by atoms with Gasteiger partial charge in [-0.1, -0.05) is 30.3 Å². The summed E-state index contributed by atoms with van der Waals surface area (Å²) in [6.07, 6.45) is 1.77. The van der Waals surface area contributed by atoms with Gasteiger partial charge in [0.15, 0.2) is 5.76 Å². The van der Waals surface area contributed by atoms with Crippen molar-refractivity contribution in [1.29, 1.82) is 0 Å². The van der Waals surface area contributed by atoms with E-state index in [-0.39, 0.29) is 0 Å². The minimum atomic E-state index is 0.691. The number of hydrogen-bond acceptors (Lipinski definition) is 4. The van der Waals surface area contributed by atoms with Crippen molar-refractivity contribution in [2.45, 2.75) is 5.75 Å². The van der Waals surface area contributed by atoms with Crippen LogP contribution in [0.2, 0.25) is 0 Å². The first-order chi connectivity index (χ1) is 7.90. The molecule has 2 rings (SSSR count). The van der Waals surface area contributed by atoms with Crippen LogP contribution in [0.15, 0.2) is 40.9 Å². The molecular weight excluding hydrogens is 220 g/mol. The predicted octanol–water partition coefficient (Wildman–Crippen LogP) is 2.53. The molecule has 0 unspecified atom stereocenters. The second-order valence-electron chi connectivity index (χ2n) is 3.33. The van der Waals surface area contributed by atoms with E-state index < -0.39 is 0 Å². The van der Waals surface area contributed by atoms with E-state index in [4.69, 9.17) is 10.2 Å². The first-order valence-corrected chi connectivity index (χ1v) is 6.33. The van der Waals surface area contributed by atoms with E-state index in [1.807, 2.05) is 30.3 Å². The fourth-order valence-corrected chi connectivity index (χ4v) is 1.97. The lowest BCUT2D eigenvalue weighted by Crippen LogP contribution is -2.01. The van der Waals surface area contributed by atoms with Crippen molar-refractivity contribution in [3.05, 3.63) is 42.4 Å². The summed E-state index contributed by atoms with van der Waals surface area (Å²) in [5.74, 6) is 3.30. The molecule has 0 saturated carbocycles. The monoisotopic (exact) mass is 234 g/mol. The lowest BCUT2D eigenvalue weighted by Gasteiger charge is -1.95. The Balaban J connectivity index is 2.02. The Morgan fingerprint density at radius 3 is 2.81 bits per heavy atom. The molecule has 0 bridgehead atoms. The van der Waals surface area contributed by atoms with E-state index in [0.29, 0.717) is 6.54 Å². The lowest BCUT2D eigenvalue weighted by atomic mass is 10.2. The minimum absolute atomic E-state index is 0.691. The van der Waals surface area contributed by atoms with Crippen LogP contribution < -0.4 is 5.73 Å². The van der Waals surface area contributed by atoms with E-state index in [9.17, 15) is 0 Å². The highest BCUT2D eigenvalue weighted by molar-refractivity contribution is 7.98. The number of hydrogen-bond donors (Lipinski definition) is 1. The van der Waals surface area contributed by atoms with Gasteiger partial charge in [-0.15, -0.1) is 0 Å². The summed E-state index contributed by atoms with van der Waals surface area (Å²) >= 11 is 1.73. The molecule has 0 aliphatic carbocycles. The van der Waals surface area contributed by atoms with E-state index in [1.54, 1.807) is 18.0 Å². The Morgan fingerprint density at radius 1 is 1.25 bits per heavy atom. The van der Waals surface area contributed by atoms with E-state index in [1.165, 1.54) is 0 Å². The average Bonchev–Trinajstić information content (AvgIpc) is 2.79. The number of benzene rings is 1. The summed E-state index contributed by atoms with van der Waals surface area (Å²) in [6, 6.07) is 9.98. The Labute approximate surface area is 99.1 Å². The van der Waals surface area contributed by atoms with Crippen LogP contribution in [0, 0.1) is 0 Å². The molecule has 4 heteroatoms. The highest BCUT2D eigenvalue weighted by atomic mass is 32.2. The maximum Gasteiger partial charge on any atom is 0.204 e. The molecule has 0 saturated heterocycles. The van der Waals surface area contributed by atoms with Crippen LogP contribution in [0.25, 0.3) is 11.3 Å². The van der Waals surface area contributed by atoms with E-state index in [2.05, 4.69) is 4.98 Å². The van der Waals surface area contributed by atoms with E-state index in [0.717, 1.165) is 28.7 Å². The van der Waals surface area contributed by atoms with Gasteiger partial charge in [0.05, 0.1) is 11.9 Å². The molecule has 2 aromatic rings. The van der Waals surface area contributed by atoms with Crippen LogP contribution in [0.5, 0.6) is 0 Å². The van der Waals surface area contributed by atoms with Gasteiger partial charge in [-0.25, -0.2) is 4.98 Å². The fraction of sp³-hybridized carbons (Fsp3) is 0.250. The molecule has 1 heterocycles. The Kier molecular flexibility index (Phi) is 4.02. The zero-order valence-electron chi connectivity index (χ0n) is 8.93. The number of oxazole rings is 1. The topological polar surface area (TPSA) is 52.0 Å². The minimum Gasteiger partial charge on any atom is -0.440 e. The van der Waals surface area contributed by atoms with Crippen LogP contribution in [-0.4, -0.2) is 17.3 Å². The number of thioether (sulfide) groups is 1. The number of nitrogens with two attached hydrogens (primary N) is 1. The highest BCUT2D eigenvalue weighted by Gasteiger charge is 2.05. The van der Waals surface area contributed by atoms with Gasteiger partial charge >= 0.3 is 0 Å². The zero-order valence-corrected chi connectivity index (χ0v) is 9.74. The number of rotatable bonds is 5. The molecule has 0 spiro atoms. The number of nitrogens with zero attached hydrogens (tertiary/aromatic N) is 1. The van der Waals surface area contributed by atoms with Crippen molar-refractivity contribution >= 4 is 11.8 Å². The lowest BCUT2D eigenvalue weighted by molar-refractivity contribution is 0.530. The normalized spacial score (nSPS) is 10.6. The van der Waals surface area contributed by atoms with Crippen LogP contribution >= 0.6 is 11.8 Å². The largest absolute Gasteiger partial charge is 0.440 e. The van der Waals surface area contributed by atoms with Gasteiger partial charge in [-0.2, -0.15) is 11.8 Å². The predicted molar refractivity (Wildman–Crippen MR) is 67.2 cm³/mol. The van der Waals surface area contributed by atoms with Gasteiger partial charge in [-0.3, -0.25) is 0 Å². The molecule has 2 N–H and O–H groups in total. The second-order valence-corrected chi connectivity index (χ2v) is 4.43. The third kappa shape index (κ3) is 2.87. The van der Waals surface area contributed by atoms with Crippen molar-refractivity contribution in [1.82, 2.24) is 4.98 Å². The second kappa shape index (κ2) is 5.72. The quantitative estimate of drug-likeness (QED) is 0.808. The molecule has 0 fully saturated rings. The molecular formula is C12H14N2OS. The van der Waals surface area contributed by atoms with Crippen molar-refractivity contribution in [2.24, 2.45) is 5.73 Å². The van der Waals surface area contributed by atoms with Crippen molar-refractivity contribution in [3.63, 3.8) is 0 Å². The smallest absolute Gasteiger partial charge is 0.204 e. The summed E-state index contributed by atoms with van der Waals surface area (Å²) in [5, 5.41) is 0. The number of aromatic nitrogens is 1. The van der Waals surface area contributed by atoms with Crippen molar-refractivity contribution < 1.29 is 4.42 Å². The van der Waals surface area contributed by atoms with Crippen LogP contribution in [0.3, 0.4) is 0 Å². The molecule has 1 aromatic heterocycles. The molecule has 0 aliphatic rings. The summed E-state index contributed by atoms with van der Waals surface area (Å²) in [6.45, 7) is 0.691. The Hall–Kier alpha value is -1.26. The van der Waals surface area contributed by atoms with Gasteiger partial charge in [0.25, 0.3) is 0 Å². The summed E-state index contributed by atoms with van der Waals surface area (Å²) in [7, 11) is 0. The van der Waals surface area contributed by atoms with Crippen LogP contribution in [-0.2, 0) is 5.75 Å². The van der Waals surface area contributed by atoms with Crippen molar-refractivity contribution in [3.8, 4) is 11.3 Å². The molecule has 0 amide bonds. The maximum absolute atomic E-state index is 5.64. The molecule has 0 atom stereocenters. The molecule has 16 heavy (non-hydrogen) atoms. The van der Waals surface area contributed by atoms with Gasteiger partial charge in [0, 0.05) is 17.9 Å². The van der Waals surface area contributed by atoms with Gasteiger partial charge in [0.1, 0.15) is 0 Å². The van der Waals surface area contributed by atoms with Gasteiger partial charge in [0.2, 0.25) is 5.89 Å². The first-order valence-electron chi connectivity index (χ1n) is 5.18. The molecule has 84 valence electrons. The molecule has 0 radical (unpaired) electrons. The van der Waals surface area contributed by atoms with Gasteiger partial charge < -0.3 is 10.2 Å². The van der Waals surface area contributed by atoms with Crippen molar-refractivity contribution in [2.75, 3.05) is 12.3 Å². The first kappa shape index (κ1) is 11.2. The molecule has 3 nitrogen and oxygen atoms in total. The zero-order chi connectivity index (χ0) is 11.2. The SMILES string of the molecule is NCCSCc1ncc(-c2ccccc2)o1. The summed E-state index contributed by atoms with van der Waals surface area (Å²) in [5.41, 5.74) is 6.48. The summed E-state index contributed by atoms with van der Waals surface area (Å²) in [4.78, 5) is 4.24. The maximum atomic E-state index is 5.64. The summed E-state index contributed by atoms with van der Waals surface area (Å²) < 4.78 is 5.64. The Bertz CT molecular complexity index is 428. The van der Waals surface area contributed by atoms with Crippen LogP contribution in [0.1, 0.15) is 5.89 Å².